The lowest BCUT2D eigenvalue weighted by Gasteiger charge is -2.12. The van der Waals surface area contributed by atoms with E-state index in [1.165, 1.54) is 5.39 Å². The van der Waals surface area contributed by atoms with E-state index in [1.54, 1.807) is 0 Å². The van der Waals surface area contributed by atoms with Crippen molar-refractivity contribution in [1.29, 1.82) is 0 Å². The van der Waals surface area contributed by atoms with E-state index < -0.39 is 0 Å². The van der Waals surface area contributed by atoms with Crippen molar-refractivity contribution in [2.75, 3.05) is 0 Å². The number of nitrogens with zero attached hydrogens (tertiary/aromatic N) is 3. The third-order valence-corrected chi connectivity index (χ3v) is 6.02. The van der Waals surface area contributed by atoms with Gasteiger partial charge in [-0.05, 0) is 45.0 Å². The molecule has 6 rings (SSSR count). The maximum atomic E-state index is 6.41. The molecule has 0 aliphatic carbocycles. The van der Waals surface area contributed by atoms with E-state index in [0.29, 0.717) is 11.6 Å². The number of hydrogen-bond acceptors (Lipinski definition) is 3. The lowest BCUT2D eigenvalue weighted by atomic mass is 9.94. The van der Waals surface area contributed by atoms with Gasteiger partial charge in [0.05, 0.1) is 0 Å². The van der Waals surface area contributed by atoms with Gasteiger partial charge in [0.1, 0.15) is 0 Å². The summed E-state index contributed by atoms with van der Waals surface area (Å²) in [6.45, 7) is 0. The predicted molar refractivity (Wildman–Crippen MR) is 136 cm³/mol. The average molecular weight is 444 g/mol. The first-order valence-electron chi connectivity index (χ1n) is 10.7. The van der Waals surface area contributed by atoms with Gasteiger partial charge in [0, 0.05) is 16.5 Å². The second kappa shape index (κ2) is 8.12. The van der Waals surface area contributed by atoms with Crippen LogP contribution in [0.25, 0.3) is 55.4 Å². The van der Waals surface area contributed by atoms with Crippen molar-refractivity contribution >= 4 is 33.1 Å². The minimum Gasteiger partial charge on any atom is -0.208 e. The summed E-state index contributed by atoms with van der Waals surface area (Å²) in [5, 5.41) is 4.70. The van der Waals surface area contributed by atoms with Gasteiger partial charge in [0.2, 0.25) is 5.28 Å². The number of halogens is 1. The maximum Gasteiger partial charge on any atom is 0.226 e. The van der Waals surface area contributed by atoms with Crippen LogP contribution in [0.1, 0.15) is 0 Å². The van der Waals surface area contributed by atoms with Crippen molar-refractivity contribution < 1.29 is 0 Å². The lowest BCUT2D eigenvalue weighted by molar-refractivity contribution is 1.07. The molecule has 6 aromatic rings. The third kappa shape index (κ3) is 3.63. The molecule has 0 amide bonds. The lowest BCUT2D eigenvalue weighted by Crippen LogP contribution is -1.98. The Kier molecular flexibility index (Phi) is 4.82. The van der Waals surface area contributed by atoms with Gasteiger partial charge in [-0.15, -0.1) is 0 Å². The smallest absolute Gasteiger partial charge is 0.208 e. The van der Waals surface area contributed by atoms with Gasteiger partial charge < -0.3 is 0 Å². The normalized spacial score (nSPS) is 11.2. The summed E-state index contributed by atoms with van der Waals surface area (Å²) in [7, 11) is 0. The highest BCUT2D eigenvalue weighted by atomic mass is 35.5. The zero-order valence-electron chi connectivity index (χ0n) is 17.6. The molecule has 4 heteroatoms. The quantitative estimate of drug-likeness (QED) is 0.279. The molecule has 0 fully saturated rings. The molecule has 0 N–H and O–H groups in total. The highest BCUT2D eigenvalue weighted by Crippen LogP contribution is 2.36. The molecular formula is C29H18ClN3. The molecule has 0 unspecified atom stereocenters. The Hall–Kier alpha value is -4.08. The first kappa shape index (κ1) is 19.6. The molecule has 0 saturated heterocycles. The Labute approximate surface area is 196 Å². The van der Waals surface area contributed by atoms with Crippen LogP contribution in [0, 0.1) is 0 Å². The first-order chi connectivity index (χ1) is 16.3. The van der Waals surface area contributed by atoms with Gasteiger partial charge in [-0.25, -0.2) is 4.98 Å². The van der Waals surface area contributed by atoms with E-state index in [2.05, 4.69) is 82.8 Å². The molecule has 5 aromatic carbocycles. The topological polar surface area (TPSA) is 38.7 Å². The summed E-state index contributed by atoms with van der Waals surface area (Å²) >= 11 is 6.41. The first-order valence-corrected chi connectivity index (χ1v) is 11.1. The van der Waals surface area contributed by atoms with Crippen molar-refractivity contribution in [1.82, 2.24) is 15.0 Å². The van der Waals surface area contributed by atoms with Crippen molar-refractivity contribution in [2.24, 2.45) is 0 Å². The number of aromatic nitrogens is 3. The van der Waals surface area contributed by atoms with Crippen LogP contribution >= 0.6 is 11.6 Å². The second-order valence-corrected chi connectivity index (χ2v) is 8.23. The Bertz CT molecular complexity index is 1620. The minimum absolute atomic E-state index is 0.178. The highest BCUT2D eigenvalue weighted by Gasteiger charge is 2.15. The van der Waals surface area contributed by atoms with E-state index in [4.69, 9.17) is 16.6 Å². The fourth-order valence-electron chi connectivity index (χ4n) is 4.31. The number of benzene rings is 5. The highest BCUT2D eigenvalue weighted by molar-refractivity contribution is 6.28. The van der Waals surface area contributed by atoms with Crippen LogP contribution in [0.5, 0.6) is 0 Å². The van der Waals surface area contributed by atoms with Gasteiger partial charge in [-0.2, -0.15) is 9.97 Å². The van der Waals surface area contributed by atoms with E-state index in [1.807, 2.05) is 36.4 Å². The molecular weight excluding hydrogens is 426 g/mol. The molecule has 33 heavy (non-hydrogen) atoms. The predicted octanol–water partition coefficient (Wildman–Crippen LogP) is 7.83. The fourth-order valence-corrected chi connectivity index (χ4v) is 4.47. The Morgan fingerprint density at radius 3 is 1.94 bits per heavy atom. The fraction of sp³-hybridized carbons (Fsp3) is 0. The van der Waals surface area contributed by atoms with E-state index in [-0.39, 0.29) is 5.28 Å². The summed E-state index contributed by atoms with van der Waals surface area (Å²) in [4.78, 5) is 13.8. The molecule has 0 radical (unpaired) electrons. The molecule has 3 nitrogen and oxygen atoms in total. The Morgan fingerprint density at radius 2 is 1.12 bits per heavy atom. The molecule has 156 valence electrons. The summed E-state index contributed by atoms with van der Waals surface area (Å²) in [6.07, 6.45) is 0. The second-order valence-electron chi connectivity index (χ2n) is 7.89. The Morgan fingerprint density at radius 1 is 0.455 bits per heavy atom. The number of hydrogen-bond donors (Lipinski definition) is 0. The molecule has 0 bridgehead atoms. The van der Waals surface area contributed by atoms with Crippen LogP contribution in [-0.2, 0) is 0 Å². The van der Waals surface area contributed by atoms with E-state index in [0.717, 1.165) is 38.4 Å². The standard InChI is InChI=1S/C29H18ClN3/c30-29-32-27(23-17-16-19-8-4-5-11-22(19)18-23)31-28(33-29)25-15-7-13-21-12-6-14-24(26(21)25)20-9-2-1-3-10-20/h1-18H. The zero-order valence-corrected chi connectivity index (χ0v) is 18.4. The van der Waals surface area contributed by atoms with Gasteiger partial charge in [0.15, 0.2) is 11.6 Å². The molecule has 0 spiro atoms. The van der Waals surface area contributed by atoms with Gasteiger partial charge in [-0.1, -0.05) is 103 Å². The van der Waals surface area contributed by atoms with Crippen LogP contribution in [0.2, 0.25) is 5.28 Å². The van der Waals surface area contributed by atoms with Crippen molar-refractivity contribution in [2.45, 2.75) is 0 Å². The summed E-state index contributed by atoms with van der Waals surface area (Å²) in [6, 6.07) is 37.3. The Balaban J connectivity index is 1.57. The van der Waals surface area contributed by atoms with Crippen molar-refractivity contribution in [3.8, 4) is 33.9 Å². The molecule has 0 aliphatic heterocycles. The summed E-state index contributed by atoms with van der Waals surface area (Å²) < 4.78 is 0. The van der Waals surface area contributed by atoms with Crippen molar-refractivity contribution in [3.05, 3.63) is 114 Å². The zero-order chi connectivity index (χ0) is 22.2. The van der Waals surface area contributed by atoms with Gasteiger partial charge in [0.25, 0.3) is 0 Å². The van der Waals surface area contributed by atoms with Crippen LogP contribution in [0.3, 0.4) is 0 Å². The number of fused-ring (bicyclic) bond motifs is 2. The van der Waals surface area contributed by atoms with E-state index >= 15 is 0 Å². The van der Waals surface area contributed by atoms with Gasteiger partial charge >= 0.3 is 0 Å². The van der Waals surface area contributed by atoms with Crippen LogP contribution in [0.4, 0.5) is 0 Å². The van der Waals surface area contributed by atoms with Crippen molar-refractivity contribution in [3.63, 3.8) is 0 Å². The van der Waals surface area contributed by atoms with E-state index in [9.17, 15) is 0 Å². The number of rotatable bonds is 3. The van der Waals surface area contributed by atoms with Crippen LogP contribution < -0.4 is 0 Å². The largest absolute Gasteiger partial charge is 0.226 e. The van der Waals surface area contributed by atoms with Gasteiger partial charge in [-0.3, -0.25) is 0 Å². The third-order valence-electron chi connectivity index (χ3n) is 5.85. The molecule has 1 heterocycles. The maximum absolute atomic E-state index is 6.41. The monoisotopic (exact) mass is 443 g/mol. The average Bonchev–Trinajstić information content (AvgIpc) is 2.88. The molecule has 0 saturated carbocycles. The molecule has 0 atom stereocenters. The van der Waals surface area contributed by atoms with Crippen LogP contribution in [0.15, 0.2) is 109 Å². The molecule has 1 aromatic heterocycles. The molecule has 0 aliphatic rings. The SMILES string of the molecule is Clc1nc(-c2ccc3ccccc3c2)nc(-c2cccc3cccc(-c4ccccc4)c23)n1. The van der Waals surface area contributed by atoms with Crippen LogP contribution in [-0.4, -0.2) is 15.0 Å². The summed E-state index contributed by atoms with van der Waals surface area (Å²) in [5.41, 5.74) is 4.11. The summed E-state index contributed by atoms with van der Waals surface area (Å²) in [5.74, 6) is 1.12. The minimum atomic E-state index is 0.178.